The van der Waals surface area contributed by atoms with E-state index in [9.17, 15) is 13.2 Å². The zero-order valence-corrected chi connectivity index (χ0v) is 17.9. The summed E-state index contributed by atoms with van der Waals surface area (Å²) in [6, 6.07) is 8.93. The molecule has 31 heavy (non-hydrogen) atoms. The number of fused-ring (bicyclic) bond motifs is 2. The van der Waals surface area contributed by atoms with E-state index in [1.54, 1.807) is 36.7 Å². The molecule has 3 aromatic rings. The molecule has 0 bridgehead atoms. The van der Waals surface area contributed by atoms with Crippen molar-refractivity contribution in [3.8, 4) is 11.1 Å². The summed E-state index contributed by atoms with van der Waals surface area (Å²) in [6.07, 6.45) is 11.8. The molecular weight excluding hydrogens is 434 g/mol. The number of anilines is 1. The van der Waals surface area contributed by atoms with Crippen LogP contribution in [0.1, 0.15) is 10.4 Å². The predicted octanol–water partition coefficient (Wildman–Crippen LogP) is 3.55. The van der Waals surface area contributed by atoms with Crippen LogP contribution >= 0.6 is 12.1 Å². The number of hydrogen-bond donors (Lipinski definition) is 3. The molecule has 0 unspecified atom stereocenters. The summed E-state index contributed by atoms with van der Waals surface area (Å²) in [4.78, 5) is 20.7. The Bertz CT molecular complexity index is 1420. The molecule has 4 heterocycles. The Morgan fingerprint density at radius 1 is 1.23 bits per heavy atom. The number of allylic oxidation sites excluding steroid dienone is 3. The number of carbonyl (C=O) groups is 1. The first-order valence-electron chi connectivity index (χ1n) is 9.29. The number of sulfonamides is 1. The normalized spacial score (nSPS) is 15.3. The van der Waals surface area contributed by atoms with Crippen LogP contribution in [0.15, 0.2) is 78.5 Å². The molecule has 0 atom stereocenters. The van der Waals surface area contributed by atoms with E-state index in [0.29, 0.717) is 27.9 Å². The fraction of sp³-hybridized carbons (Fsp3) is 0.0476. The maximum Gasteiger partial charge on any atom is 0.229 e. The minimum atomic E-state index is -3.38. The van der Waals surface area contributed by atoms with E-state index in [2.05, 4.69) is 19.4 Å². The van der Waals surface area contributed by atoms with Crippen LogP contribution in [0.4, 0.5) is 5.69 Å². The van der Waals surface area contributed by atoms with Gasteiger partial charge in [0.15, 0.2) is 5.78 Å². The highest BCUT2D eigenvalue weighted by atomic mass is 32.2. The number of aromatic nitrogens is 2. The molecule has 5 rings (SSSR count). The van der Waals surface area contributed by atoms with Gasteiger partial charge in [-0.2, -0.15) is 0 Å². The number of hydrogen-bond acceptors (Lipinski definition) is 7. The van der Waals surface area contributed by atoms with E-state index >= 15 is 0 Å². The van der Waals surface area contributed by atoms with E-state index in [0.717, 1.165) is 23.1 Å². The van der Waals surface area contributed by atoms with Crippen molar-refractivity contribution in [2.75, 3.05) is 11.0 Å². The Hall–Kier alpha value is -3.50. The van der Waals surface area contributed by atoms with Gasteiger partial charge in [0.05, 0.1) is 24.1 Å². The molecule has 0 amide bonds. The number of nitrogens with zero attached hydrogens (tertiary/aromatic N) is 2. The van der Waals surface area contributed by atoms with Gasteiger partial charge in [-0.1, -0.05) is 12.1 Å². The average Bonchev–Trinajstić information content (AvgIpc) is 3.38. The molecular formula is C21H17N5O3S2. The molecule has 2 aliphatic heterocycles. The van der Waals surface area contributed by atoms with Gasteiger partial charge in [0.25, 0.3) is 0 Å². The summed E-state index contributed by atoms with van der Waals surface area (Å²) in [5.41, 5.74) is 4.65. The number of pyridine rings is 1. The third-order valence-electron chi connectivity index (χ3n) is 4.84. The van der Waals surface area contributed by atoms with Crippen LogP contribution in [0.3, 0.4) is 0 Å². The van der Waals surface area contributed by atoms with E-state index in [1.807, 2.05) is 34.9 Å². The van der Waals surface area contributed by atoms with Crippen molar-refractivity contribution in [2.45, 2.75) is 0 Å². The number of benzene rings is 1. The maximum atomic E-state index is 13.2. The lowest BCUT2D eigenvalue weighted by atomic mass is 9.99. The second-order valence-electron chi connectivity index (χ2n) is 7.13. The third-order valence-corrected chi connectivity index (χ3v) is 6.20. The smallest absolute Gasteiger partial charge is 0.229 e. The monoisotopic (exact) mass is 451 g/mol. The molecule has 0 radical (unpaired) electrons. The second kappa shape index (κ2) is 7.33. The first-order chi connectivity index (χ1) is 14.9. The fourth-order valence-electron chi connectivity index (χ4n) is 3.46. The van der Waals surface area contributed by atoms with E-state index in [1.165, 1.54) is 12.1 Å². The van der Waals surface area contributed by atoms with Crippen LogP contribution in [-0.2, 0) is 10.0 Å². The second-order valence-corrected chi connectivity index (χ2v) is 9.69. The lowest BCUT2D eigenvalue weighted by Crippen LogP contribution is -2.10. The van der Waals surface area contributed by atoms with Crippen LogP contribution in [0.2, 0.25) is 0 Å². The summed E-state index contributed by atoms with van der Waals surface area (Å²) in [6.45, 7) is 0. The quantitative estimate of drug-likeness (QED) is 0.402. The Labute approximate surface area is 183 Å². The Morgan fingerprint density at radius 2 is 2.10 bits per heavy atom. The first-order valence-corrected chi connectivity index (χ1v) is 12.0. The minimum absolute atomic E-state index is 0.105. The number of H-pyrrole nitrogens is 1. The van der Waals surface area contributed by atoms with Gasteiger partial charge in [-0.15, -0.1) is 0 Å². The minimum Gasteiger partial charge on any atom is -0.345 e. The lowest BCUT2D eigenvalue weighted by Gasteiger charge is -2.16. The molecule has 0 saturated carbocycles. The first kappa shape index (κ1) is 19.5. The Balaban J connectivity index is 1.52. The lowest BCUT2D eigenvalue weighted by molar-refractivity contribution is 0.103. The molecule has 10 heteroatoms. The molecule has 0 spiro atoms. The molecule has 156 valence electrons. The highest BCUT2D eigenvalue weighted by molar-refractivity contribution is 7.95. The summed E-state index contributed by atoms with van der Waals surface area (Å²) >= 11 is 1.43. The molecule has 1 aromatic carbocycles. The number of Topliss-reactive ketones (excluding diaryl/α,β-unsaturated/α-hetero) is 1. The zero-order valence-electron chi connectivity index (χ0n) is 16.3. The molecule has 2 aromatic heterocycles. The third kappa shape index (κ3) is 3.82. The van der Waals surface area contributed by atoms with Crippen molar-refractivity contribution in [1.82, 2.24) is 19.0 Å². The van der Waals surface area contributed by atoms with Gasteiger partial charge in [0.1, 0.15) is 5.65 Å². The fourth-order valence-corrected chi connectivity index (χ4v) is 4.63. The van der Waals surface area contributed by atoms with E-state index in [4.69, 9.17) is 0 Å². The van der Waals surface area contributed by atoms with E-state index < -0.39 is 10.0 Å². The van der Waals surface area contributed by atoms with Crippen LogP contribution in [0.5, 0.6) is 0 Å². The maximum absolute atomic E-state index is 13.2. The number of aromatic amines is 1. The standard InChI is InChI=1S/C21H17N5O3S2/c1-31(28,29)25-16-4-2-3-13(7-16)15-9-18-19(12-23-21(18)22-10-15)20(27)14-5-6-26-17(8-14)11-24-30-26/h2-12,24-25H,1H3,(H,22,23). The number of nitrogens with one attached hydrogen (secondary N) is 3. The Kier molecular flexibility index (Phi) is 4.60. The summed E-state index contributed by atoms with van der Waals surface area (Å²) < 4.78 is 30.5. The van der Waals surface area contributed by atoms with Crippen molar-refractivity contribution >= 4 is 44.7 Å². The van der Waals surface area contributed by atoms with Crippen molar-refractivity contribution in [2.24, 2.45) is 0 Å². The largest absolute Gasteiger partial charge is 0.345 e. The summed E-state index contributed by atoms with van der Waals surface area (Å²) in [7, 11) is -3.38. The van der Waals surface area contributed by atoms with E-state index in [-0.39, 0.29) is 5.78 Å². The van der Waals surface area contributed by atoms with Gasteiger partial charge in [-0.25, -0.2) is 13.4 Å². The van der Waals surface area contributed by atoms with Crippen LogP contribution in [0, 0.1) is 0 Å². The molecule has 3 N–H and O–H groups in total. The molecule has 2 aliphatic rings. The van der Waals surface area contributed by atoms with Gasteiger partial charge in [0, 0.05) is 52.6 Å². The summed E-state index contributed by atoms with van der Waals surface area (Å²) in [5, 5.41) is 0.702. The number of rotatable bonds is 5. The topological polar surface area (TPSA) is 107 Å². The van der Waals surface area contributed by atoms with Gasteiger partial charge >= 0.3 is 0 Å². The Morgan fingerprint density at radius 3 is 2.94 bits per heavy atom. The highest BCUT2D eigenvalue weighted by Crippen LogP contribution is 2.31. The average molecular weight is 452 g/mol. The van der Waals surface area contributed by atoms with Gasteiger partial charge in [0.2, 0.25) is 10.0 Å². The van der Waals surface area contributed by atoms with Crippen molar-refractivity contribution in [3.05, 3.63) is 84.1 Å². The van der Waals surface area contributed by atoms with Crippen LogP contribution in [-0.4, -0.2) is 34.7 Å². The van der Waals surface area contributed by atoms with Crippen LogP contribution < -0.4 is 9.44 Å². The van der Waals surface area contributed by atoms with Gasteiger partial charge in [-0.3, -0.25) is 13.8 Å². The molecule has 8 nitrogen and oxygen atoms in total. The zero-order chi connectivity index (χ0) is 21.6. The highest BCUT2D eigenvalue weighted by Gasteiger charge is 2.22. The molecule has 0 aliphatic carbocycles. The van der Waals surface area contributed by atoms with Crippen LogP contribution in [0.25, 0.3) is 22.2 Å². The van der Waals surface area contributed by atoms with Gasteiger partial charge < -0.3 is 9.71 Å². The van der Waals surface area contributed by atoms with Crippen molar-refractivity contribution in [1.29, 1.82) is 0 Å². The van der Waals surface area contributed by atoms with Crippen molar-refractivity contribution < 1.29 is 13.2 Å². The van der Waals surface area contributed by atoms with Crippen molar-refractivity contribution in [3.63, 3.8) is 0 Å². The molecule has 0 saturated heterocycles. The number of ketones is 1. The predicted molar refractivity (Wildman–Crippen MR) is 122 cm³/mol. The van der Waals surface area contributed by atoms with Gasteiger partial charge in [-0.05, 0) is 35.9 Å². The summed E-state index contributed by atoms with van der Waals surface area (Å²) in [5.74, 6) is -0.105. The molecule has 0 fully saturated rings. The number of carbonyl (C=O) groups excluding carboxylic acids is 1. The SMILES string of the molecule is CS(=O)(=O)Nc1cccc(-c2cnc3[nH]cc(C(=O)C4=CC5=CNSN5C=C4)c3c2)c1.